The van der Waals surface area contributed by atoms with Crippen LogP contribution in [0.3, 0.4) is 0 Å². The highest BCUT2D eigenvalue weighted by atomic mass is 35.5. The van der Waals surface area contributed by atoms with E-state index < -0.39 is 24.3 Å². The summed E-state index contributed by atoms with van der Waals surface area (Å²) in [6.07, 6.45) is -1.53. The lowest BCUT2D eigenvalue weighted by Gasteiger charge is -2.30. The minimum Gasteiger partial charge on any atom is -0.462 e. The van der Waals surface area contributed by atoms with Crippen LogP contribution in [0.15, 0.2) is 51.9 Å². The highest BCUT2D eigenvalue weighted by Gasteiger charge is 2.45. The maximum Gasteiger partial charge on any atom is 0.586 e. The highest BCUT2D eigenvalue weighted by Crippen LogP contribution is 2.48. The summed E-state index contributed by atoms with van der Waals surface area (Å²) in [6, 6.07) is 10.9. The maximum atomic E-state index is 13.6. The average molecular weight is 525 g/mol. The van der Waals surface area contributed by atoms with Crippen LogP contribution >= 0.6 is 11.6 Å². The van der Waals surface area contributed by atoms with Crippen LogP contribution < -0.4 is 19.9 Å². The van der Waals surface area contributed by atoms with Gasteiger partial charge < -0.3 is 18.8 Å². The number of hydrogen-bond acceptors (Lipinski definition) is 7. The SMILES string of the molecule is N#Cc1cc(Cl)cc(-c2nn(CC(=O)N3CCCc4c3ccc3c4OC(F)(F)O3)c(=O)c3ccoc23)c1. The Hall–Kier alpha value is -4.43. The van der Waals surface area contributed by atoms with Crippen molar-refractivity contribution in [2.75, 3.05) is 11.4 Å². The number of furan rings is 1. The summed E-state index contributed by atoms with van der Waals surface area (Å²) in [5.41, 5.74) is 1.43. The summed E-state index contributed by atoms with van der Waals surface area (Å²) in [5, 5.41) is 14.2. The lowest BCUT2D eigenvalue weighted by molar-refractivity contribution is -0.286. The maximum absolute atomic E-state index is 13.6. The number of benzene rings is 2. The Morgan fingerprint density at radius 1 is 1.22 bits per heavy atom. The quantitative estimate of drug-likeness (QED) is 0.388. The van der Waals surface area contributed by atoms with E-state index in [1.54, 1.807) is 12.1 Å². The first-order chi connectivity index (χ1) is 17.7. The normalized spacial score (nSPS) is 15.5. The van der Waals surface area contributed by atoms with E-state index in [4.69, 9.17) is 16.0 Å². The Labute approximate surface area is 212 Å². The predicted octanol–water partition coefficient (Wildman–Crippen LogP) is 4.48. The molecule has 0 bridgehead atoms. The van der Waals surface area contributed by atoms with Gasteiger partial charge in [0.25, 0.3) is 5.56 Å². The Morgan fingerprint density at radius 3 is 2.86 bits per heavy atom. The number of ether oxygens (including phenoxy) is 2. The Bertz CT molecular complexity index is 1710. The number of halogens is 3. The van der Waals surface area contributed by atoms with Crippen LogP contribution in [0.25, 0.3) is 22.2 Å². The molecule has 2 aromatic heterocycles. The number of hydrogen-bond donors (Lipinski definition) is 0. The highest BCUT2D eigenvalue weighted by molar-refractivity contribution is 6.31. The number of anilines is 1. The first-order valence-electron chi connectivity index (χ1n) is 11.2. The van der Waals surface area contributed by atoms with E-state index in [0.29, 0.717) is 41.2 Å². The monoisotopic (exact) mass is 524 g/mol. The third kappa shape index (κ3) is 3.86. The molecule has 0 spiro atoms. The molecule has 2 aliphatic heterocycles. The molecule has 0 atom stereocenters. The molecular weight excluding hydrogens is 510 g/mol. The Kier molecular flexibility index (Phi) is 5.17. The molecule has 186 valence electrons. The van der Waals surface area contributed by atoms with Gasteiger partial charge in [-0.2, -0.15) is 10.4 Å². The zero-order valence-electron chi connectivity index (χ0n) is 18.8. The molecule has 0 N–H and O–H groups in total. The van der Waals surface area contributed by atoms with E-state index in [1.807, 2.05) is 6.07 Å². The van der Waals surface area contributed by atoms with Crippen LogP contribution in [0.1, 0.15) is 17.5 Å². The van der Waals surface area contributed by atoms with Gasteiger partial charge in [-0.05, 0) is 49.2 Å². The largest absolute Gasteiger partial charge is 0.586 e. The van der Waals surface area contributed by atoms with Gasteiger partial charge in [-0.3, -0.25) is 9.59 Å². The second-order valence-corrected chi connectivity index (χ2v) is 8.96. The smallest absolute Gasteiger partial charge is 0.462 e. The van der Waals surface area contributed by atoms with E-state index >= 15 is 0 Å². The molecule has 6 rings (SSSR count). The fourth-order valence-corrected chi connectivity index (χ4v) is 4.89. The molecule has 4 heterocycles. The minimum atomic E-state index is -3.77. The number of nitriles is 1. The molecule has 0 saturated carbocycles. The summed E-state index contributed by atoms with van der Waals surface area (Å²) < 4.78 is 43.0. The van der Waals surface area contributed by atoms with Crippen molar-refractivity contribution in [2.24, 2.45) is 0 Å². The van der Waals surface area contributed by atoms with Crippen LogP contribution in [0.2, 0.25) is 5.02 Å². The topological polar surface area (TPSA) is 111 Å². The Morgan fingerprint density at radius 2 is 2.05 bits per heavy atom. The fraction of sp³-hybridized carbons (Fsp3) is 0.200. The molecule has 0 aliphatic carbocycles. The third-order valence-electron chi connectivity index (χ3n) is 6.20. The second kappa shape index (κ2) is 8.31. The molecule has 0 fully saturated rings. The van der Waals surface area contributed by atoms with Crippen molar-refractivity contribution in [2.45, 2.75) is 25.7 Å². The predicted molar refractivity (Wildman–Crippen MR) is 127 cm³/mol. The number of fused-ring (bicyclic) bond motifs is 4. The number of rotatable bonds is 3. The Balaban J connectivity index is 1.39. The van der Waals surface area contributed by atoms with Gasteiger partial charge >= 0.3 is 6.29 Å². The van der Waals surface area contributed by atoms with Crippen molar-refractivity contribution in [3.63, 3.8) is 0 Å². The molecule has 1 amide bonds. The van der Waals surface area contributed by atoms with Crippen molar-refractivity contribution in [1.29, 1.82) is 5.26 Å². The number of alkyl halides is 2. The van der Waals surface area contributed by atoms with Crippen molar-refractivity contribution in [3.8, 4) is 28.8 Å². The van der Waals surface area contributed by atoms with Gasteiger partial charge in [0.2, 0.25) is 5.91 Å². The van der Waals surface area contributed by atoms with Crippen LogP contribution in [0.5, 0.6) is 11.5 Å². The molecule has 2 aromatic carbocycles. The van der Waals surface area contributed by atoms with Crippen molar-refractivity contribution in [3.05, 3.63) is 69.2 Å². The van der Waals surface area contributed by atoms with Crippen LogP contribution in [0, 0.1) is 11.3 Å². The molecule has 0 saturated heterocycles. The molecule has 0 radical (unpaired) electrons. The van der Waals surface area contributed by atoms with Gasteiger partial charge in [-0.25, -0.2) is 4.68 Å². The zero-order chi connectivity index (χ0) is 25.9. The molecule has 2 aliphatic rings. The number of nitrogens with zero attached hydrogens (tertiary/aromatic N) is 4. The average Bonchev–Trinajstić information content (AvgIpc) is 3.48. The van der Waals surface area contributed by atoms with Crippen molar-refractivity contribution < 1.29 is 27.5 Å². The summed E-state index contributed by atoms with van der Waals surface area (Å²) >= 11 is 6.16. The van der Waals surface area contributed by atoms with E-state index in [2.05, 4.69) is 14.6 Å². The van der Waals surface area contributed by atoms with Gasteiger partial charge in [-0.15, -0.1) is 8.78 Å². The first kappa shape index (κ1) is 23.0. The van der Waals surface area contributed by atoms with Gasteiger partial charge in [0.05, 0.1) is 29.0 Å². The molecular formula is C25H15ClF2N4O5. The van der Waals surface area contributed by atoms with Gasteiger partial charge in [0.15, 0.2) is 17.1 Å². The summed E-state index contributed by atoms with van der Waals surface area (Å²) in [5.74, 6) is -0.658. The third-order valence-corrected chi connectivity index (χ3v) is 6.42. The molecule has 4 aromatic rings. The summed E-state index contributed by atoms with van der Waals surface area (Å²) in [7, 11) is 0. The standard InChI is InChI=1S/C25H15ClF2N4O5/c26-15-9-13(11-29)8-14(10-15)21-23-17(5-7-35-23)24(34)32(30-21)12-20(33)31-6-1-2-16-18(31)3-4-19-22(16)37-25(27,28)36-19/h3-5,7-10H,1-2,6,12H2. The molecule has 0 unspecified atom stereocenters. The summed E-state index contributed by atoms with van der Waals surface area (Å²) in [4.78, 5) is 27.9. The molecule has 9 nitrogen and oxygen atoms in total. The summed E-state index contributed by atoms with van der Waals surface area (Å²) in [6.45, 7) is -0.111. The van der Waals surface area contributed by atoms with Crippen LogP contribution in [-0.2, 0) is 17.8 Å². The molecule has 37 heavy (non-hydrogen) atoms. The van der Waals surface area contributed by atoms with Gasteiger partial charge in [0.1, 0.15) is 12.2 Å². The first-order valence-corrected chi connectivity index (χ1v) is 11.5. The van der Waals surface area contributed by atoms with Crippen LogP contribution in [-0.4, -0.2) is 28.5 Å². The minimum absolute atomic E-state index is 0.0911. The van der Waals surface area contributed by atoms with E-state index in [1.165, 1.54) is 35.4 Å². The number of amides is 1. The number of carbonyl (C=O) groups excluding carboxylic acids is 1. The van der Waals surface area contributed by atoms with E-state index in [-0.39, 0.29) is 33.7 Å². The van der Waals surface area contributed by atoms with Gasteiger partial charge in [-0.1, -0.05) is 11.6 Å². The lowest BCUT2D eigenvalue weighted by Crippen LogP contribution is -2.40. The zero-order valence-corrected chi connectivity index (χ0v) is 19.6. The van der Waals surface area contributed by atoms with Crippen molar-refractivity contribution >= 4 is 34.2 Å². The number of carbonyl (C=O) groups is 1. The fourth-order valence-electron chi connectivity index (χ4n) is 4.66. The van der Waals surface area contributed by atoms with Crippen LogP contribution in [0.4, 0.5) is 14.5 Å². The lowest BCUT2D eigenvalue weighted by atomic mass is 10.00. The van der Waals surface area contributed by atoms with Gasteiger partial charge in [0, 0.05) is 22.7 Å². The molecule has 12 heteroatoms. The van der Waals surface area contributed by atoms with E-state index in [9.17, 15) is 23.6 Å². The van der Waals surface area contributed by atoms with E-state index in [0.717, 1.165) is 4.68 Å². The number of aromatic nitrogens is 2. The van der Waals surface area contributed by atoms with Crippen molar-refractivity contribution in [1.82, 2.24) is 9.78 Å². The second-order valence-electron chi connectivity index (χ2n) is 8.52.